The highest BCUT2D eigenvalue weighted by molar-refractivity contribution is 7.98. The average molecular weight is 434 g/mol. The summed E-state index contributed by atoms with van der Waals surface area (Å²) >= 11 is 1.78. The number of thioether (sulfide) groups is 1. The van der Waals surface area contributed by atoms with Crippen LogP contribution in [0.15, 0.2) is 77.7 Å². The zero-order valence-electron chi connectivity index (χ0n) is 19.2. The number of methoxy groups -OCH3 is 1. The first-order valence-electron chi connectivity index (χ1n) is 10.8. The van der Waals surface area contributed by atoms with Gasteiger partial charge in [0, 0.05) is 4.90 Å². The molecule has 0 aromatic heterocycles. The van der Waals surface area contributed by atoms with Crippen LogP contribution in [0.5, 0.6) is 5.75 Å². The fourth-order valence-electron chi connectivity index (χ4n) is 3.30. The number of nitrogens with two attached hydrogens (primary N) is 1. The summed E-state index contributed by atoms with van der Waals surface area (Å²) in [7, 11) is 1.69. The van der Waals surface area contributed by atoms with Gasteiger partial charge in [-0.15, -0.1) is 11.8 Å². The molecular formula is C28H35NOS. The Labute approximate surface area is 192 Å². The SMILES string of the molecule is CC/C(=C\c1ccc(OC)cc1)c1ccccc1C.CSc1ccc(CCCN)cc1. The molecule has 0 saturated carbocycles. The van der Waals surface area contributed by atoms with E-state index in [4.69, 9.17) is 10.5 Å². The second-order valence-electron chi connectivity index (χ2n) is 7.35. The molecule has 3 heteroatoms. The Kier molecular flexibility index (Phi) is 11.0. The van der Waals surface area contributed by atoms with Crippen molar-refractivity contribution in [3.8, 4) is 5.75 Å². The highest BCUT2D eigenvalue weighted by atomic mass is 32.2. The lowest BCUT2D eigenvalue weighted by atomic mass is 9.97. The van der Waals surface area contributed by atoms with Crippen LogP contribution in [-0.4, -0.2) is 19.9 Å². The molecule has 0 atom stereocenters. The van der Waals surface area contributed by atoms with Gasteiger partial charge in [-0.1, -0.05) is 61.5 Å². The zero-order valence-corrected chi connectivity index (χ0v) is 20.0. The van der Waals surface area contributed by atoms with Crippen molar-refractivity contribution in [2.45, 2.75) is 38.0 Å². The van der Waals surface area contributed by atoms with E-state index < -0.39 is 0 Å². The summed E-state index contributed by atoms with van der Waals surface area (Å²) in [6.07, 6.45) is 7.55. The number of hydrogen-bond acceptors (Lipinski definition) is 3. The van der Waals surface area contributed by atoms with Crippen molar-refractivity contribution in [3.63, 3.8) is 0 Å². The van der Waals surface area contributed by atoms with Gasteiger partial charge in [-0.3, -0.25) is 0 Å². The topological polar surface area (TPSA) is 35.2 Å². The van der Waals surface area contributed by atoms with E-state index in [1.807, 2.05) is 12.1 Å². The van der Waals surface area contributed by atoms with E-state index in [2.05, 4.69) is 86.8 Å². The maximum Gasteiger partial charge on any atom is 0.118 e. The third-order valence-corrected chi connectivity index (χ3v) is 5.90. The van der Waals surface area contributed by atoms with Gasteiger partial charge in [0.15, 0.2) is 0 Å². The predicted molar refractivity (Wildman–Crippen MR) is 138 cm³/mol. The molecular weight excluding hydrogens is 398 g/mol. The summed E-state index contributed by atoms with van der Waals surface area (Å²) in [5.41, 5.74) is 12.0. The van der Waals surface area contributed by atoms with Crippen LogP contribution < -0.4 is 10.5 Å². The molecule has 164 valence electrons. The molecule has 0 unspecified atom stereocenters. The van der Waals surface area contributed by atoms with Gasteiger partial charge in [0.05, 0.1) is 7.11 Å². The van der Waals surface area contributed by atoms with E-state index in [1.54, 1.807) is 18.9 Å². The number of ether oxygens (including phenoxy) is 1. The molecule has 0 heterocycles. The summed E-state index contributed by atoms with van der Waals surface area (Å²) in [4.78, 5) is 1.33. The first-order chi connectivity index (χ1) is 15.1. The lowest BCUT2D eigenvalue weighted by Crippen LogP contribution is -1.99. The first-order valence-corrected chi connectivity index (χ1v) is 12.1. The van der Waals surface area contributed by atoms with Gasteiger partial charge < -0.3 is 10.5 Å². The number of allylic oxidation sites excluding steroid dienone is 1. The minimum atomic E-state index is 0.782. The van der Waals surface area contributed by atoms with Crippen LogP contribution in [0.2, 0.25) is 0 Å². The van der Waals surface area contributed by atoms with Gasteiger partial charge >= 0.3 is 0 Å². The predicted octanol–water partition coefficient (Wildman–Crippen LogP) is 7.25. The normalized spacial score (nSPS) is 10.9. The van der Waals surface area contributed by atoms with E-state index in [9.17, 15) is 0 Å². The molecule has 3 rings (SSSR count). The Bertz CT molecular complexity index is 930. The molecule has 3 aromatic rings. The molecule has 0 aliphatic heterocycles. The van der Waals surface area contributed by atoms with E-state index >= 15 is 0 Å². The minimum Gasteiger partial charge on any atom is -0.497 e. The van der Waals surface area contributed by atoms with E-state index in [0.717, 1.165) is 31.6 Å². The third kappa shape index (κ3) is 8.28. The number of aryl methyl sites for hydroxylation is 2. The second-order valence-corrected chi connectivity index (χ2v) is 8.23. The van der Waals surface area contributed by atoms with E-state index in [0.29, 0.717) is 0 Å². The highest BCUT2D eigenvalue weighted by Gasteiger charge is 2.03. The Morgan fingerprint density at radius 1 is 0.968 bits per heavy atom. The molecule has 0 fully saturated rings. The Hall–Kier alpha value is -2.49. The van der Waals surface area contributed by atoms with Crippen LogP contribution in [0.4, 0.5) is 0 Å². The van der Waals surface area contributed by atoms with Gasteiger partial charge in [0.25, 0.3) is 0 Å². The quantitative estimate of drug-likeness (QED) is 0.300. The van der Waals surface area contributed by atoms with E-state index in [1.165, 1.54) is 32.7 Å². The molecule has 0 amide bonds. The van der Waals surface area contributed by atoms with Crippen molar-refractivity contribution in [3.05, 3.63) is 95.1 Å². The second kappa shape index (κ2) is 13.7. The molecule has 0 spiro atoms. The van der Waals surface area contributed by atoms with Crippen molar-refractivity contribution < 1.29 is 4.74 Å². The molecule has 0 saturated heterocycles. The number of benzene rings is 3. The maximum absolute atomic E-state index is 5.43. The van der Waals surface area contributed by atoms with Gasteiger partial charge in [-0.2, -0.15) is 0 Å². The summed E-state index contributed by atoms with van der Waals surface area (Å²) in [5.74, 6) is 0.895. The standard InChI is InChI=1S/C18H20O.C10H15NS/c1-4-16(18-8-6-5-7-14(18)2)13-15-9-11-17(19-3)12-10-15;1-12-10-6-4-9(5-7-10)3-2-8-11/h5-13H,4H2,1-3H3;4-7H,2-3,8,11H2,1H3/b16-13+;. The van der Waals surface area contributed by atoms with Crippen LogP contribution in [-0.2, 0) is 6.42 Å². The monoisotopic (exact) mass is 433 g/mol. The van der Waals surface area contributed by atoms with Crippen molar-refractivity contribution in [2.24, 2.45) is 5.73 Å². The molecule has 0 radical (unpaired) electrons. The molecule has 0 aliphatic rings. The number of rotatable bonds is 8. The molecule has 2 nitrogen and oxygen atoms in total. The Morgan fingerprint density at radius 2 is 1.65 bits per heavy atom. The summed E-state index contributed by atoms with van der Waals surface area (Å²) < 4.78 is 5.18. The largest absolute Gasteiger partial charge is 0.497 e. The fraction of sp³-hybridized carbons (Fsp3) is 0.286. The molecule has 3 aromatic carbocycles. The summed E-state index contributed by atoms with van der Waals surface area (Å²) in [6.45, 7) is 5.14. The van der Waals surface area contributed by atoms with Gasteiger partial charge in [0.1, 0.15) is 5.75 Å². The smallest absolute Gasteiger partial charge is 0.118 e. The van der Waals surface area contributed by atoms with Crippen LogP contribution in [0, 0.1) is 6.92 Å². The summed E-state index contributed by atoms with van der Waals surface area (Å²) in [5, 5.41) is 0. The van der Waals surface area contributed by atoms with Crippen LogP contribution >= 0.6 is 11.8 Å². The van der Waals surface area contributed by atoms with Gasteiger partial charge in [-0.05, 0) is 91.1 Å². The van der Waals surface area contributed by atoms with Crippen molar-refractivity contribution in [1.82, 2.24) is 0 Å². The zero-order chi connectivity index (χ0) is 22.5. The first kappa shape index (κ1) is 24.8. The van der Waals surface area contributed by atoms with Gasteiger partial charge in [-0.25, -0.2) is 0 Å². The molecule has 0 bridgehead atoms. The Morgan fingerprint density at radius 3 is 2.19 bits per heavy atom. The highest BCUT2D eigenvalue weighted by Crippen LogP contribution is 2.25. The Balaban J connectivity index is 0.000000245. The maximum atomic E-state index is 5.43. The number of hydrogen-bond donors (Lipinski definition) is 1. The van der Waals surface area contributed by atoms with Gasteiger partial charge in [0.2, 0.25) is 0 Å². The fourth-order valence-corrected chi connectivity index (χ4v) is 3.71. The molecule has 0 aliphatic carbocycles. The molecule has 2 N–H and O–H groups in total. The van der Waals surface area contributed by atoms with Crippen molar-refractivity contribution in [1.29, 1.82) is 0 Å². The lowest BCUT2D eigenvalue weighted by molar-refractivity contribution is 0.415. The van der Waals surface area contributed by atoms with E-state index in [-0.39, 0.29) is 0 Å². The van der Waals surface area contributed by atoms with Crippen molar-refractivity contribution in [2.75, 3.05) is 19.9 Å². The van der Waals surface area contributed by atoms with Crippen molar-refractivity contribution >= 4 is 23.4 Å². The van der Waals surface area contributed by atoms with Crippen LogP contribution in [0.3, 0.4) is 0 Å². The summed E-state index contributed by atoms with van der Waals surface area (Å²) in [6, 6.07) is 25.4. The third-order valence-electron chi connectivity index (χ3n) is 5.16. The minimum absolute atomic E-state index is 0.782. The van der Waals surface area contributed by atoms with Crippen LogP contribution in [0.25, 0.3) is 11.6 Å². The average Bonchev–Trinajstić information content (AvgIpc) is 2.83. The molecule has 31 heavy (non-hydrogen) atoms. The van der Waals surface area contributed by atoms with Crippen LogP contribution in [0.1, 0.15) is 42.0 Å². The lowest BCUT2D eigenvalue weighted by Gasteiger charge is -2.09.